The minimum absolute atomic E-state index is 0.0529. The highest BCUT2D eigenvalue weighted by atomic mass is 32.1. The van der Waals surface area contributed by atoms with E-state index in [1.807, 2.05) is 0 Å². The van der Waals surface area contributed by atoms with E-state index in [0.29, 0.717) is 11.3 Å². The van der Waals surface area contributed by atoms with Gasteiger partial charge in [0.15, 0.2) is 5.69 Å². The molecule has 3 aromatic rings. The summed E-state index contributed by atoms with van der Waals surface area (Å²) in [5, 5.41) is 4.03. The molecular weight excluding hydrogens is 363 g/mol. The van der Waals surface area contributed by atoms with Crippen LogP contribution in [-0.4, -0.2) is 18.3 Å². The zero-order valence-electron chi connectivity index (χ0n) is 13.6. The van der Waals surface area contributed by atoms with Crippen molar-refractivity contribution in [2.75, 3.05) is 12.5 Å². The van der Waals surface area contributed by atoms with Gasteiger partial charge in [-0.25, -0.2) is 4.98 Å². The summed E-state index contributed by atoms with van der Waals surface area (Å²) in [7, 11) is 1.55. The molecule has 134 valence electrons. The van der Waals surface area contributed by atoms with Gasteiger partial charge in [-0.3, -0.25) is 5.43 Å². The number of hydrazone groups is 1. The van der Waals surface area contributed by atoms with Crippen LogP contribution in [0.2, 0.25) is 0 Å². The summed E-state index contributed by atoms with van der Waals surface area (Å²) >= 11 is 0.902. The van der Waals surface area contributed by atoms with Gasteiger partial charge in [0.2, 0.25) is 5.13 Å². The van der Waals surface area contributed by atoms with E-state index in [-0.39, 0.29) is 10.0 Å². The van der Waals surface area contributed by atoms with Gasteiger partial charge in [-0.15, -0.1) is 0 Å². The minimum atomic E-state index is -4.54. The van der Waals surface area contributed by atoms with E-state index in [0.717, 1.165) is 16.9 Å². The van der Waals surface area contributed by atoms with Gasteiger partial charge in [-0.05, 0) is 23.3 Å². The molecule has 26 heavy (non-hydrogen) atoms. The zero-order valence-corrected chi connectivity index (χ0v) is 14.4. The second kappa shape index (κ2) is 7.57. The Morgan fingerprint density at radius 1 is 1.12 bits per heavy atom. The Hall–Kier alpha value is -2.87. The predicted molar refractivity (Wildman–Crippen MR) is 96.8 cm³/mol. The number of nitrogens with one attached hydrogen (secondary N) is 1. The summed E-state index contributed by atoms with van der Waals surface area (Å²) in [6.45, 7) is 0. The largest absolute Gasteiger partial charge is 0.497 e. The molecule has 0 fully saturated rings. The van der Waals surface area contributed by atoms with Crippen molar-refractivity contribution in [3.8, 4) is 16.2 Å². The lowest BCUT2D eigenvalue weighted by Crippen LogP contribution is -2.07. The molecule has 0 aliphatic carbocycles. The standard InChI is InChI=1S/C18H14F3N3OS/c1-25-14-9-5-6-12(10-14)11-22-24-17-23-16(18(19,20)21)15(26-17)13-7-3-2-4-8-13/h2-11H,1H3,(H,23,24). The molecule has 0 saturated heterocycles. The lowest BCUT2D eigenvalue weighted by Gasteiger charge is -2.05. The second-order valence-electron chi connectivity index (χ2n) is 5.21. The lowest BCUT2D eigenvalue weighted by molar-refractivity contribution is -0.140. The van der Waals surface area contributed by atoms with Gasteiger partial charge in [0.05, 0.1) is 18.2 Å². The number of aromatic nitrogens is 1. The van der Waals surface area contributed by atoms with Crippen LogP contribution in [0, 0.1) is 0 Å². The first kappa shape index (κ1) is 17.9. The van der Waals surface area contributed by atoms with Gasteiger partial charge in [-0.1, -0.05) is 53.8 Å². The van der Waals surface area contributed by atoms with E-state index < -0.39 is 11.9 Å². The Morgan fingerprint density at radius 2 is 1.88 bits per heavy atom. The quantitative estimate of drug-likeness (QED) is 0.486. The maximum atomic E-state index is 13.3. The first-order chi connectivity index (χ1) is 12.5. The maximum absolute atomic E-state index is 13.3. The number of rotatable bonds is 5. The number of hydrogen-bond acceptors (Lipinski definition) is 5. The van der Waals surface area contributed by atoms with Crippen molar-refractivity contribution in [3.63, 3.8) is 0 Å². The number of hydrogen-bond donors (Lipinski definition) is 1. The lowest BCUT2D eigenvalue weighted by atomic mass is 10.1. The van der Waals surface area contributed by atoms with E-state index in [1.165, 1.54) is 6.21 Å². The van der Waals surface area contributed by atoms with Gasteiger partial charge >= 0.3 is 6.18 Å². The Morgan fingerprint density at radius 3 is 2.58 bits per heavy atom. The number of ether oxygens (including phenoxy) is 1. The first-order valence-electron chi connectivity index (χ1n) is 7.54. The smallest absolute Gasteiger partial charge is 0.434 e. The molecule has 0 spiro atoms. The van der Waals surface area contributed by atoms with E-state index in [2.05, 4.69) is 15.5 Å². The molecule has 0 bridgehead atoms. The summed E-state index contributed by atoms with van der Waals surface area (Å²) in [6, 6.07) is 15.5. The molecule has 1 heterocycles. The van der Waals surface area contributed by atoms with Gasteiger partial charge < -0.3 is 4.74 Å². The fourth-order valence-electron chi connectivity index (χ4n) is 2.23. The number of nitrogens with zero attached hydrogens (tertiary/aromatic N) is 2. The molecule has 0 aliphatic rings. The summed E-state index contributed by atoms with van der Waals surface area (Å²) in [5.41, 5.74) is 2.85. The van der Waals surface area contributed by atoms with Crippen LogP contribution >= 0.6 is 11.3 Å². The van der Waals surface area contributed by atoms with Crippen LogP contribution in [0.1, 0.15) is 11.3 Å². The molecule has 1 N–H and O–H groups in total. The maximum Gasteiger partial charge on any atom is 0.434 e. The fourth-order valence-corrected chi connectivity index (χ4v) is 3.17. The molecule has 8 heteroatoms. The van der Waals surface area contributed by atoms with Gasteiger partial charge in [0.25, 0.3) is 0 Å². The highest BCUT2D eigenvalue weighted by molar-refractivity contribution is 7.19. The molecule has 0 radical (unpaired) electrons. The SMILES string of the molecule is COc1cccc(C=NNc2nc(C(F)(F)F)c(-c3ccccc3)s2)c1. The van der Waals surface area contributed by atoms with Crippen molar-refractivity contribution in [3.05, 3.63) is 65.9 Å². The van der Waals surface area contributed by atoms with E-state index in [4.69, 9.17) is 4.74 Å². The van der Waals surface area contributed by atoms with Gasteiger partial charge in [0, 0.05) is 0 Å². The first-order valence-corrected chi connectivity index (χ1v) is 8.35. The molecule has 0 aliphatic heterocycles. The highest BCUT2D eigenvalue weighted by Gasteiger charge is 2.37. The predicted octanol–water partition coefficient (Wildman–Crippen LogP) is 5.28. The summed E-state index contributed by atoms with van der Waals surface area (Å²) < 4.78 is 45.0. The second-order valence-corrected chi connectivity index (χ2v) is 6.21. The molecular formula is C18H14F3N3OS. The molecule has 2 aromatic carbocycles. The third-order valence-electron chi connectivity index (χ3n) is 3.40. The summed E-state index contributed by atoms with van der Waals surface area (Å²) in [5.74, 6) is 0.661. The summed E-state index contributed by atoms with van der Waals surface area (Å²) in [4.78, 5) is 3.72. The summed E-state index contributed by atoms with van der Waals surface area (Å²) in [6.07, 6.45) is -3.06. The number of halogens is 3. The Balaban J connectivity index is 1.84. The Bertz CT molecular complexity index is 908. The number of alkyl halides is 3. The highest BCUT2D eigenvalue weighted by Crippen LogP contribution is 2.41. The zero-order chi connectivity index (χ0) is 18.6. The number of thiazole rings is 1. The average molecular weight is 377 g/mol. The van der Waals surface area contributed by atoms with Crippen molar-refractivity contribution >= 4 is 22.7 Å². The Kier molecular flexibility index (Phi) is 5.22. The molecule has 0 unspecified atom stereocenters. The third-order valence-corrected chi connectivity index (χ3v) is 4.41. The van der Waals surface area contributed by atoms with Crippen LogP contribution in [-0.2, 0) is 6.18 Å². The van der Waals surface area contributed by atoms with Crippen LogP contribution in [0.25, 0.3) is 10.4 Å². The van der Waals surface area contributed by atoms with Crippen LogP contribution in [0.5, 0.6) is 5.75 Å². The molecule has 4 nitrogen and oxygen atoms in total. The molecule has 0 amide bonds. The molecule has 0 atom stereocenters. The van der Waals surface area contributed by atoms with Crippen molar-refractivity contribution in [2.24, 2.45) is 5.10 Å². The fraction of sp³-hybridized carbons (Fsp3) is 0.111. The minimum Gasteiger partial charge on any atom is -0.497 e. The van der Waals surface area contributed by atoms with E-state index >= 15 is 0 Å². The number of methoxy groups -OCH3 is 1. The monoisotopic (exact) mass is 377 g/mol. The van der Waals surface area contributed by atoms with Gasteiger partial charge in [0.1, 0.15) is 5.75 Å². The third kappa shape index (κ3) is 4.20. The molecule has 3 rings (SSSR count). The van der Waals surface area contributed by atoms with Crippen molar-refractivity contribution in [1.82, 2.24) is 4.98 Å². The van der Waals surface area contributed by atoms with Crippen LogP contribution < -0.4 is 10.2 Å². The van der Waals surface area contributed by atoms with Crippen LogP contribution in [0.4, 0.5) is 18.3 Å². The number of anilines is 1. The van der Waals surface area contributed by atoms with Crippen molar-refractivity contribution in [1.29, 1.82) is 0 Å². The van der Waals surface area contributed by atoms with E-state index in [1.54, 1.807) is 61.7 Å². The number of benzene rings is 2. The molecule has 0 saturated carbocycles. The molecule has 1 aromatic heterocycles. The van der Waals surface area contributed by atoms with Crippen LogP contribution in [0.3, 0.4) is 0 Å². The van der Waals surface area contributed by atoms with Crippen molar-refractivity contribution in [2.45, 2.75) is 6.18 Å². The van der Waals surface area contributed by atoms with E-state index in [9.17, 15) is 13.2 Å². The Labute approximate surface area is 152 Å². The average Bonchev–Trinajstić information content (AvgIpc) is 3.07. The normalized spacial score (nSPS) is 11.7. The van der Waals surface area contributed by atoms with Crippen LogP contribution in [0.15, 0.2) is 59.7 Å². The topological polar surface area (TPSA) is 46.5 Å². The van der Waals surface area contributed by atoms with Gasteiger partial charge in [-0.2, -0.15) is 18.3 Å². The van der Waals surface area contributed by atoms with Crippen molar-refractivity contribution < 1.29 is 17.9 Å².